The van der Waals surface area contributed by atoms with Gasteiger partial charge in [-0.15, -0.1) is 0 Å². The maximum Gasteiger partial charge on any atom is 0.214 e. The maximum absolute atomic E-state index is 13.2. The number of hydrogen-bond acceptors (Lipinski definition) is 1. The third kappa shape index (κ3) is 3.59. The predicted octanol–water partition coefficient (Wildman–Crippen LogP) is 0.593. The Hall–Kier alpha value is 0.0700. The molecule has 0 aromatic rings. The lowest BCUT2D eigenvalue weighted by Crippen LogP contribution is -2.57. The summed E-state index contributed by atoms with van der Waals surface area (Å²) in [5, 5.41) is 0. The Morgan fingerprint density at radius 3 is 1.26 bits per heavy atom. The normalized spacial score (nSPS) is 29.3. The number of hydrogen-bond donors (Lipinski definition) is 0. The van der Waals surface area contributed by atoms with Gasteiger partial charge in [-0.2, -0.15) is 0 Å². The Morgan fingerprint density at radius 2 is 1.00 bits per heavy atom. The summed E-state index contributed by atoms with van der Waals surface area (Å²) in [4.78, 5) is 0. The molecule has 0 bridgehead atoms. The van der Waals surface area contributed by atoms with Gasteiger partial charge >= 0.3 is 0 Å². The smallest absolute Gasteiger partial charge is 0.214 e. The zero-order valence-corrected chi connectivity index (χ0v) is 14.2. The average molecular weight is 290 g/mol. The first kappa shape index (κ1) is 15.5. The molecule has 2 saturated heterocycles. The van der Waals surface area contributed by atoms with E-state index < -0.39 is 7.44 Å². The SMILES string of the molecule is C[N+]1(C)CCN(P(C)(=O)N2CC[N+](C)(C)CC2)CC1. The van der Waals surface area contributed by atoms with Gasteiger partial charge < -0.3 is 8.97 Å². The van der Waals surface area contributed by atoms with E-state index in [9.17, 15) is 4.57 Å². The highest BCUT2D eigenvalue weighted by atomic mass is 31.2. The minimum absolute atomic E-state index is 0.968. The van der Waals surface area contributed by atoms with Crippen molar-refractivity contribution in [3.05, 3.63) is 0 Å². The first-order chi connectivity index (χ1) is 8.62. The fourth-order valence-electron chi connectivity index (χ4n) is 2.91. The molecule has 0 saturated carbocycles. The molecule has 5 nitrogen and oxygen atoms in total. The van der Waals surface area contributed by atoms with Gasteiger partial charge in [-0.05, 0) is 0 Å². The molecule has 2 aliphatic rings. The number of quaternary nitrogens is 2. The van der Waals surface area contributed by atoms with Crippen LogP contribution in [-0.2, 0) is 4.57 Å². The van der Waals surface area contributed by atoms with Crippen molar-refractivity contribution >= 4 is 7.44 Å². The zero-order chi connectivity index (χ0) is 14.3. The third-order valence-electron chi connectivity index (χ3n) is 4.90. The van der Waals surface area contributed by atoms with Crippen LogP contribution in [0.5, 0.6) is 0 Å². The van der Waals surface area contributed by atoms with E-state index in [0.29, 0.717) is 0 Å². The van der Waals surface area contributed by atoms with Crippen LogP contribution in [-0.4, -0.2) is 106 Å². The monoisotopic (exact) mass is 290 g/mol. The van der Waals surface area contributed by atoms with Crippen LogP contribution in [0.2, 0.25) is 0 Å². The highest BCUT2D eigenvalue weighted by Crippen LogP contribution is 2.50. The fourth-order valence-corrected chi connectivity index (χ4v) is 5.11. The average Bonchev–Trinajstić information content (AvgIpc) is 2.27. The van der Waals surface area contributed by atoms with Crippen molar-refractivity contribution < 1.29 is 13.5 Å². The Bertz CT molecular complexity index is 331. The Kier molecular flexibility index (Phi) is 4.17. The first-order valence-corrected chi connectivity index (χ1v) is 9.41. The summed E-state index contributed by atoms with van der Waals surface area (Å²) in [7, 11) is 6.74. The number of piperazine rings is 2. The molecule has 0 unspecified atom stereocenters. The minimum atomic E-state index is -2.31. The van der Waals surface area contributed by atoms with Gasteiger partial charge in [0.1, 0.15) is 0 Å². The summed E-state index contributed by atoms with van der Waals surface area (Å²) in [5.74, 6) is 0. The molecule has 2 aliphatic heterocycles. The molecule has 0 radical (unpaired) electrons. The molecule has 0 aliphatic carbocycles. The topological polar surface area (TPSA) is 23.6 Å². The van der Waals surface area contributed by atoms with Crippen LogP contribution in [0.4, 0.5) is 0 Å². The molecule has 0 atom stereocenters. The van der Waals surface area contributed by atoms with Crippen molar-refractivity contribution in [1.29, 1.82) is 0 Å². The molecular formula is C13H31N4OP+2. The number of nitrogens with zero attached hydrogens (tertiary/aromatic N) is 4. The second kappa shape index (κ2) is 5.12. The van der Waals surface area contributed by atoms with Crippen LogP contribution in [0.1, 0.15) is 0 Å². The summed E-state index contributed by atoms with van der Waals surface area (Å²) in [6.07, 6.45) is 0. The quantitative estimate of drug-likeness (QED) is 0.549. The molecule has 6 heteroatoms. The lowest BCUT2D eigenvalue weighted by atomic mass is 10.3. The molecular weight excluding hydrogens is 259 g/mol. The van der Waals surface area contributed by atoms with Gasteiger partial charge in [0.05, 0.1) is 80.5 Å². The number of likely N-dealkylation sites (N-methyl/N-ethyl adjacent to an activating group) is 2. The molecule has 0 aromatic heterocycles. The first-order valence-electron chi connectivity index (χ1n) is 7.35. The van der Waals surface area contributed by atoms with Gasteiger partial charge in [0.25, 0.3) is 0 Å². The molecule has 0 N–H and O–H groups in total. The molecule has 2 rings (SSSR count). The highest BCUT2D eigenvalue weighted by Gasteiger charge is 2.40. The summed E-state index contributed by atoms with van der Waals surface area (Å²) < 4.78 is 19.8. The van der Waals surface area contributed by atoms with Crippen LogP contribution in [0.15, 0.2) is 0 Å². The Labute approximate surface area is 118 Å². The standard InChI is InChI=1S/C13H31N4OP/c1-16(2)10-6-14(7-11-16)19(5,18)15-8-12-17(3,4)13-9-15/h6-13H2,1-5H3/q+2. The summed E-state index contributed by atoms with van der Waals surface area (Å²) >= 11 is 0. The molecule has 2 fully saturated rings. The van der Waals surface area contributed by atoms with Crippen molar-refractivity contribution in [3.63, 3.8) is 0 Å². The second-order valence-electron chi connectivity index (χ2n) is 7.51. The van der Waals surface area contributed by atoms with Gasteiger partial charge in [-0.3, -0.25) is 4.57 Å². The van der Waals surface area contributed by atoms with Gasteiger partial charge in [-0.25, -0.2) is 9.34 Å². The lowest BCUT2D eigenvalue weighted by Gasteiger charge is -2.46. The van der Waals surface area contributed by atoms with Crippen molar-refractivity contribution in [1.82, 2.24) is 9.34 Å². The van der Waals surface area contributed by atoms with Crippen molar-refractivity contribution in [2.24, 2.45) is 0 Å². The van der Waals surface area contributed by atoms with Crippen LogP contribution >= 0.6 is 7.44 Å². The summed E-state index contributed by atoms with van der Waals surface area (Å²) in [6.45, 7) is 10.3. The van der Waals surface area contributed by atoms with Crippen molar-refractivity contribution in [2.45, 2.75) is 0 Å². The fraction of sp³-hybridized carbons (Fsp3) is 1.00. The molecule has 2 heterocycles. The van der Waals surface area contributed by atoms with E-state index in [1.54, 1.807) is 0 Å². The molecule has 0 amide bonds. The predicted molar refractivity (Wildman–Crippen MR) is 80.4 cm³/mol. The van der Waals surface area contributed by atoms with Crippen LogP contribution in [0, 0.1) is 0 Å². The Balaban J connectivity index is 1.97. The van der Waals surface area contributed by atoms with E-state index in [2.05, 4.69) is 37.5 Å². The van der Waals surface area contributed by atoms with Gasteiger partial charge in [0.2, 0.25) is 7.44 Å². The minimum Gasteiger partial charge on any atom is -0.326 e. The largest absolute Gasteiger partial charge is 0.326 e. The molecule has 112 valence electrons. The lowest BCUT2D eigenvalue weighted by molar-refractivity contribution is -0.894. The number of rotatable bonds is 2. The third-order valence-corrected chi connectivity index (χ3v) is 7.80. The second-order valence-corrected chi connectivity index (χ2v) is 10.3. The van der Waals surface area contributed by atoms with E-state index in [1.807, 2.05) is 6.66 Å². The molecule has 19 heavy (non-hydrogen) atoms. The van der Waals surface area contributed by atoms with Crippen molar-refractivity contribution in [3.8, 4) is 0 Å². The van der Waals surface area contributed by atoms with Crippen LogP contribution < -0.4 is 0 Å². The van der Waals surface area contributed by atoms with E-state index in [1.165, 1.54) is 0 Å². The van der Waals surface area contributed by atoms with E-state index >= 15 is 0 Å². The van der Waals surface area contributed by atoms with Gasteiger partial charge in [0, 0.05) is 6.66 Å². The summed E-state index contributed by atoms with van der Waals surface area (Å²) in [5.41, 5.74) is 0. The van der Waals surface area contributed by atoms with E-state index in [-0.39, 0.29) is 0 Å². The highest BCUT2D eigenvalue weighted by molar-refractivity contribution is 7.58. The van der Waals surface area contributed by atoms with Crippen LogP contribution in [0.3, 0.4) is 0 Å². The Morgan fingerprint density at radius 1 is 0.737 bits per heavy atom. The van der Waals surface area contributed by atoms with Crippen molar-refractivity contribution in [2.75, 3.05) is 87.2 Å². The molecule has 0 spiro atoms. The van der Waals surface area contributed by atoms with E-state index in [0.717, 1.165) is 61.3 Å². The van der Waals surface area contributed by atoms with Gasteiger partial charge in [0.15, 0.2) is 0 Å². The van der Waals surface area contributed by atoms with Crippen LogP contribution in [0.25, 0.3) is 0 Å². The molecule has 0 aromatic carbocycles. The zero-order valence-electron chi connectivity index (χ0n) is 13.3. The van der Waals surface area contributed by atoms with Gasteiger partial charge in [-0.1, -0.05) is 0 Å². The summed E-state index contributed by atoms with van der Waals surface area (Å²) in [6, 6.07) is 0. The van der Waals surface area contributed by atoms with E-state index in [4.69, 9.17) is 0 Å². The maximum atomic E-state index is 13.2.